The molecule has 0 saturated carbocycles. The molecule has 0 aliphatic heterocycles. The number of amides is 1. The number of benzene rings is 1. The average Bonchev–Trinajstić information content (AvgIpc) is 2.20. The Morgan fingerprint density at radius 1 is 1.56 bits per heavy atom. The third-order valence-corrected chi connectivity index (χ3v) is 2.06. The minimum absolute atomic E-state index is 0.350. The van der Waals surface area contributed by atoms with Crippen molar-refractivity contribution in [2.24, 2.45) is 0 Å². The van der Waals surface area contributed by atoms with E-state index in [-0.39, 0.29) is 0 Å². The number of ether oxygens (including phenoxy) is 1. The molecule has 0 spiro atoms. The van der Waals surface area contributed by atoms with E-state index in [1.807, 2.05) is 0 Å². The SMILES string of the molecule is Nc1cc(Cl)ccc1OCCCNC(=O)O. The highest BCUT2D eigenvalue weighted by atomic mass is 35.5. The molecule has 0 bridgehead atoms. The minimum atomic E-state index is -1.04. The van der Waals surface area contributed by atoms with E-state index in [4.69, 9.17) is 27.2 Å². The summed E-state index contributed by atoms with van der Waals surface area (Å²) < 4.78 is 5.36. The molecule has 1 aromatic rings. The first-order chi connectivity index (χ1) is 7.59. The van der Waals surface area contributed by atoms with Crippen LogP contribution in [0.2, 0.25) is 5.02 Å². The van der Waals surface area contributed by atoms with Gasteiger partial charge in [-0.1, -0.05) is 11.6 Å². The fraction of sp³-hybridized carbons (Fsp3) is 0.300. The molecule has 5 nitrogen and oxygen atoms in total. The number of hydrogen-bond donors (Lipinski definition) is 3. The summed E-state index contributed by atoms with van der Waals surface area (Å²) in [5.74, 6) is 0.555. The average molecular weight is 245 g/mol. The van der Waals surface area contributed by atoms with Crippen LogP contribution in [0.1, 0.15) is 6.42 Å². The predicted octanol–water partition coefficient (Wildman–Crippen LogP) is 1.96. The van der Waals surface area contributed by atoms with Crippen molar-refractivity contribution >= 4 is 23.4 Å². The van der Waals surface area contributed by atoms with Gasteiger partial charge < -0.3 is 20.9 Å². The van der Waals surface area contributed by atoms with Gasteiger partial charge in [-0.25, -0.2) is 4.79 Å². The van der Waals surface area contributed by atoms with E-state index in [0.717, 1.165) is 0 Å². The van der Waals surface area contributed by atoms with E-state index in [0.29, 0.717) is 36.0 Å². The van der Waals surface area contributed by atoms with Gasteiger partial charge >= 0.3 is 6.09 Å². The maximum Gasteiger partial charge on any atom is 0.404 e. The van der Waals surface area contributed by atoms with Gasteiger partial charge in [0, 0.05) is 11.6 Å². The highest BCUT2D eigenvalue weighted by molar-refractivity contribution is 6.30. The highest BCUT2D eigenvalue weighted by Gasteiger charge is 2.01. The Hall–Kier alpha value is -1.62. The van der Waals surface area contributed by atoms with Crippen LogP contribution in [0.15, 0.2) is 18.2 Å². The molecule has 1 aromatic carbocycles. The fourth-order valence-corrected chi connectivity index (χ4v) is 1.28. The number of nitrogens with one attached hydrogen (secondary N) is 1. The molecule has 0 aliphatic rings. The number of rotatable bonds is 5. The number of nitrogens with two attached hydrogens (primary N) is 1. The topological polar surface area (TPSA) is 84.6 Å². The van der Waals surface area contributed by atoms with Crippen LogP contribution < -0.4 is 15.8 Å². The summed E-state index contributed by atoms with van der Waals surface area (Å²) in [4.78, 5) is 10.1. The Kier molecular flexibility index (Phi) is 4.72. The van der Waals surface area contributed by atoms with Crippen molar-refractivity contribution < 1.29 is 14.6 Å². The van der Waals surface area contributed by atoms with E-state index in [1.54, 1.807) is 18.2 Å². The summed E-state index contributed by atoms with van der Waals surface area (Å²) in [7, 11) is 0. The van der Waals surface area contributed by atoms with Crippen molar-refractivity contribution in [2.45, 2.75) is 6.42 Å². The molecular weight excluding hydrogens is 232 g/mol. The first-order valence-electron chi connectivity index (χ1n) is 4.74. The molecule has 0 heterocycles. The first-order valence-corrected chi connectivity index (χ1v) is 5.12. The number of carbonyl (C=O) groups is 1. The number of hydrogen-bond acceptors (Lipinski definition) is 3. The molecule has 16 heavy (non-hydrogen) atoms. The first kappa shape index (κ1) is 12.4. The Bertz CT molecular complexity index is 371. The van der Waals surface area contributed by atoms with Gasteiger partial charge in [0.25, 0.3) is 0 Å². The van der Waals surface area contributed by atoms with Gasteiger partial charge in [-0.3, -0.25) is 0 Å². The van der Waals surface area contributed by atoms with Crippen molar-refractivity contribution in [2.75, 3.05) is 18.9 Å². The second-order valence-corrected chi connectivity index (χ2v) is 3.55. The van der Waals surface area contributed by atoms with Crippen molar-refractivity contribution in [3.05, 3.63) is 23.2 Å². The number of carboxylic acid groups (broad SMARTS) is 1. The van der Waals surface area contributed by atoms with E-state index in [9.17, 15) is 4.79 Å². The lowest BCUT2D eigenvalue weighted by atomic mass is 10.3. The van der Waals surface area contributed by atoms with Crippen molar-refractivity contribution in [1.29, 1.82) is 0 Å². The molecule has 1 amide bonds. The fourth-order valence-electron chi connectivity index (χ4n) is 1.10. The zero-order valence-electron chi connectivity index (χ0n) is 8.57. The van der Waals surface area contributed by atoms with Crippen LogP contribution in [0.3, 0.4) is 0 Å². The molecule has 4 N–H and O–H groups in total. The summed E-state index contributed by atoms with van der Waals surface area (Å²) in [5, 5.41) is 11.1. The van der Waals surface area contributed by atoms with Gasteiger partial charge in [-0.05, 0) is 24.6 Å². The number of anilines is 1. The van der Waals surface area contributed by atoms with E-state index < -0.39 is 6.09 Å². The smallest absolute Gasteiger partial charge is 0.404 e. The van der Waals surface area contributed by atoms with Crippen LogP contribution in [0.5, 0.6) is 5.75 Å². The zero-order valence-corrected chi connectivity index (χ0v) is 9.33. The van der Waals surface area contributed by atoms with Crippen LogP contribution in [-0.4, -0.2) is 24.4 Å². The van der Waals surface area contributed by atoms with Gasteiger partial charge in [0.2, 0.25) is 0 Å². The number of halogens is 1. The number of nitrogen functional groups attached to an aromatic ring is 1. The Labute approximate surface area is 98.2 Å². The molecule has 6 heteroatoms. The van der Waals surface area contributed by atoms with Crippen molar-refractivity contribution in [3.8, 4) is 5.75 Å². The predicted molar refractivity (Wildman–Crippen MR) is 62.0 cm³/mol. The van der Waals surface area contributed by atoms with Crippen molar-refractivity contribution in [3.63, 3.8) is 0 Å². The summed E-state index contributed by atoms with van der Waals surface area (Å²) in [6.45, 7) is 0.745. The second kappa shape index (κ2) is 6.07. The maximum absolute atomic E-state index is 10.1. The molecule has 1 rings (SSSR count). The van der Waals surface area contributed by atoms with Crippen LogP contribution in [-0.2, 0) is 0 Å². The third kappa shape index (κ3) is 4.27. The summed E-state index contributed by atoms with van der Waals surface area (Å²) >= 11 is 5.72. The normalized spacial score (nSPS) is 9.81. The summed E-state index contributed by atoms with van der Waals surface area (Å²) in [5.41, 5.74) is 6.14. The van der Waals surface area contributed by atoms with Crippen LogP contribution in [0, 0.1) is 0 Å². The molecule has 0 fully saturated rings. The standard InChI is InChI=1S/C10H13ClN2O3/c11-7-2-3-9(8(12)6-7)16-5-1-4-13-10(14)15/h2-3,6,13H,1,4-5,12H2,(H,14,15). The second-order valence-electron chi connectivity index (χ2n) is 3.12. The van der Waals surface area contributed by atoms with Gasteiger partial charge in [0.1, 0.15) is 5.75 Å². The van der Waals surface area contributed by atoms with Crippen LogP contribution in [0.4, 0.5) is 10.5 Å². The lowest BCUT2D eigenvalue weighted by Gasteiger charge is -2.08. The van der Waals surface area contributed by atoms with Gasteiger partial charge in [0.15, 0.2) is 0 Å². The van der Waals surface area contributed by atoms with Crippen LogP contribution >= 0.6 is 11.6 Å². The molecule has 0 atom stereocenters. The lowest BCUT2D eigenvalue weighted by molar-refractivity contribution is 0.193. The quantitative estimate of drug-likeness (QED) is 0.546. The van der Waals surface area contributed by atoms with E-state index in [1.165, 1.54) is 0 Å². The van der Waals surface area contributed by atoms with E-state index in [2.05, 4.69) is 5.32 Å². The monoisotopic (exact) mass is 244 g/mol. The largest absolute Gasteiger partial charge is 0.491 e. The Balaban J connectivity index is 2.29. The molecule has 88 valence electrons. The van der Waals surface area contributed by atoms with E-state index >= 15 is 0 Å². The molecule has 0 aliphatic carbocycles. The Morgan fingerprint density at radius 3 is 2.94 bits per heavy atom. The molecule has 0 radical (unpaired) electrons. The highest BCUT2D eigenvalue weighted by Crippen LogP contribution is 2.24. The molecule has 0 saturated heterocycles. The molecular formula is C10H13ClN2O3. The van der Waals surface area contributed by atoms with Gasteiger partial charge in [0.05, 0.1) is 12.3 Å². The summed E-state index contributed by atoms with van der Waals surface area (Å²) in [6.07, 6.45) is -0.458. The van der Waals surface area contributed by atoms with Crippen molar-refractivity contribution in [1.82, 2.24) is 5.32 Å². The third-order valence-electron chi connectivity index (χ3n) is 1.83. The zero-order chi connectivity index (χ0) is 12.0. The van der Waals surface area contributed by atoms with Gasteiger partial charge in [-0.2, -0.15) is 0 Å². The summed E-state index contributed by atoms with van der Waals surface area (Å²) in [6, 6.07) is 4.97. The molecule has 0 unspecified atom stereocenters. The lowest BCUT2D eigenvalue weighted by Crippen LogP contribution is -2.23. The maximum atomic E-state index is 10.1. The Morgan fingerprint density at radius 2 is 2.31 bits per heavy atom. The minimum Gasteiger partial charge on any atom is -0.491 e. The molecule has 0 aromatic heterocycles. The van der Waals surface area contributed by atoms with Crippen LogP contribution in [0.25, 0.3) is 0 Å². The van der Waals surface area contributed by atoms with Gasteiger partial charge in [-0.15, -0.1) is 0 Å².